The molecule has 0 fully saturated rings. The largest absolute Gasteiger partial charge is 0.478 e. The zero-order valence-electron chi connectivity index (χ0n) is 12.2. The van der Waals surface area contributed by atoms with E-state index >= 15 is 0 Å². The maximum absolute atomic E-state index is 11.3. The molecule has 0 saturated carbocycles. The Balaban J connectivity index is 3.05. The van der Waals surface area contributed by atoms with Crippen LogP contribution in [0.1, 0.15) is 29.4 Å². The first-order chi connectivity index (χ1) is 8.95. The number of carbonyl (C=O) groups is 1. The lowest BCUT2D eigenvalue weighted by Gasteiger charge is -2.27. The highest BCUT2D eigenvalue weighted by Gasteiger charge is 2.16. The summed E-state index contributed by atoms with van der Waals surface area (Å²) in [7, 11) is 4.03. The predicted octanol–water partition coefficient (Wildman–Crippen LogP) is 1.87. The number of aryl methyl sites for hydroxylation is 1. The molecule has 0 atom stereocenters. The molecule has 0 aliphatic heterocycles. The van der Waals surface area contributed by atoms with Crippen LogP contribution in [0.15, 0.2) is 12.3 Å². The van der Waals surface area contributed by atoms with Crippen LogP contribution in [0.3, 0.4) is 0 Å². The van der Waals surface area contributed by atoms with E-state index in [2.05, 4.69) is 21.7 Å². The van der Waals surface area contributed by atoms with E-state index in [1.165, 1.54) is 6.20 Å². The molecule has 0 aromatic carbocycles. The SMILES string of the molecule is CCCN(CCN(C)C)c1cc(C)ncc1C(=O)O. The van der Waals surface area contributed by atoms with Gasteiger partial charge in [0, 0.05) is 31.5 Å². The summed E-state index contributed by atoms with van der Waals surface area (Å²) in [6, 6.07) is 1.86. The molecule has 1 aromatic rings. The van der Waals surface area contributed by atoms with Crippen molar-refractivity contribution in [2.75, 3.05) is 38.6 Å². The summed E-state index contributed by atoms with van der Waals surface area (Å²) in [4.78, 5) is 19.6. The van der Waals surface area contributed by atoms with Crippen LogP contribution in [0.5, 0.6) is 0 Å². The molecule has 5 nitrogen and oxygen atoms in total. The third-order valence-corrected chi connectivity index (χ3v) is 2.90. The van der Waals surface area contributed by atoms with Crippen molar-refractivity contribution < 1.29 is 9.90 Å². The van der Waals surface area contributed by atoms with Crippen molar-refractivity contribution in [1.29, 1.82) is 0 Å². The fourth-order valence-electron chi connectivity index (χ4n) is 1.92. The van der Waals surface area contributed by atoms with E-state index in [1.807, 2.05) is 27.1 Å². The first-order valence-corrected chi connectivity index (χ1v) is 6.55. The number of hydrogen-bond acceptors (Lipinski definition) is 4. The van der Waals surface area contributed by atoms with Gasteiger partial charge in [-0.15, -0.1) is 0 Å². The van der Waals surface area contributed by atoms with Crippen molar-refractivity contribution in [2.45, 2.75) is 20.3 Å². The molecule has 0 saturated heterocycles. The minimum atomic E-state index is -0.923. The quantitative estimate of drug-likeness (QED) is 0.815. The maximum Gasteiger partial charge on any atom is 0.339 e. The maximum atomic E-state index is 11.3. The van der Waals surface area contributed by atoms with Crippen molar-refractivity contribution in [2.24, 2.45) is 0 Å². The fraction of sp³-hybridized carbons (Fsp3) is 0.571. The zero-order valence-corrected chi connectivity index (χ0v) is 12.2. The van der Waals surface area contributed by atoms with E-state index < -0.39 is 5.97 Å². The molecular formula is C14H23N3O2. The molecule has 0 amide bonds. The monoisotopic (exact) mass is 265 g/mol. The van der Waals surface area contributed by atoms with E-state index in [0.717, 1.165) is 37.4 Å². The van der Waals surface area contributed by atoms with Crippen LogP contribution in [-0.2, 0) is 0 Å². The average Bonchev–Trinajstić information content (AvgIpc) is 2.33. The zero-order chi connectivity index (χ0) is 14.4. The van der Waals surface area contributed by atoms with Gasteiger partial charge in [0.2, 0.25) is 0 Å². The highest BCUT2D eigenvalue weighted by molar-refractivity contribution is 5.94. The third-order valence-electron chi connectivity index (χ3n) is 2.90. The Hall–Kier alpha value is -1.62. The van der Waals surface area contributed by atoms with E-state index in [-0.39, 0.29) is 5.56 Å². The summed E-state index contributed by atoms with van der Waals surface area (Å²) in [5.74, 6) is -0.923. The van der Waals surface area contributed by atoms with Crippen LogP contribution >= 0.6 is 0 Å². The number of rotatable bonds is 7. The molecule has 1 rings (SSSR count). The number of aromatic nitrogens is 1. The topological polar surface area (TPSA) is 56.7 Å². The van der Waals surface area contributed by atoms with Crippen molar-refractivity contribution in [1.82, 2.24) is 9.88 Å². The van der Waals surface area contributed by atoms with E-state index in [1.54, 1.807) is 0 Å². The molecule has 0 radical (unpaired) electrons. The number of nitrogens with zero attached hydrogens (tertiary/aromatic N) is 3. The number of likely N-dealkylation sites (N-methyl/N-ethyl adjacent to an activating group) is 1. The molecule has 0 aliphatic carbocycles. The summed E-state index contributed by atoms with van der Waals surface area (Å²) in [5, 5.41) is 9.27. The molecule has 0 bridgehead atoms. The summed E-state index contributed by atoms with van der Waals surface area (Å²) >= 11 is 0. The van der Waals surface area contributed by atoms with Crippen LogP contribution in [-0.4, -0.2) is 54.7 Å². The average molecular weight is 265 g/mol. The smallest absolute Gasteiger partial charge is 0.339 e. The first kappa shape index (κ1) is 15.4. The minimum Gasteiger partial charge on any atom is -0.478 e. The highest BCUT2D eigenvalue weighted by Crippen LogP contribution is 2.21. The van der Waals surface area contributed by atoms with Crippen LogP contribution in [0.25, 0.3) is 0 Å². The van der Waals surface area contributed by atoms with Crippen molar-refractivity contribution in [3.63, 3.8) is 0 Å². The standard InChI is InChI=1S/C14H23N3O2/c1-5-6-17(8-7-16(3)4)13-9-11(2)15-10-12(13)14(18)19/h9-10H,5-8H2,1-4H3,(H,18,19). The Bertz CT molecular complexity index is 433. The van der Waals surface area contributed by atoms with Gasteiger partial charge in [0.15, 0.2) is 0 Å². The van der Waals surface area contributed by atoms with E-state index in [9.17, 15) is 9.90 Å². The van der Waals surface area contributed by atoms with Crippen molar-refractivity contribution in [3.8, 4) is 0 Å². The van der Waals surface area contributed by atoms with Gasteiger partial charge in [-0.3, -0.25) is 4.98 Å². The van der Waals surface area contributed by atoms with Gasteiger partial charge in [0.1, 0.15) is 5.56 Å². The summed E-state index contributed by atoms with van der Waals surface area (Å²) in [6.45, 7) is 6.52. The van der Waals surface area contributed by atoms with E-state index in [0.29, 0.717) is 0 Å². The van der Waals surface area contributed by atoms with Gasteiger partial charge in [-0.2, -0.15) is 0 Å². The Morgan fingerprint density at radius 2 is 2.00 bits per heavy atom. The molecule has 0 unspecified atom stereocenters. The summed E-state index contributed by atoms with van der Waals surface area (Å²) in [5.41, 5.74) is 1.88. The normalized spacial score (nSPS) is 10.8. The summed E-state index contributed by atoms with van der Waals surface area (Å²) < 4.78 is 0. The number of pyridine rings is 1. The van der Waals surface area contributed by atoms with Crippen LogP contribution in [0.4, 0.5) is 5.69 Å². The van der Waals surface area contributed by atoms with Gasteiger partial charge in [-0.25, -0.2) is 4.79 Å². The van der Waals surface area contributed by atoms with Crippen LogP contribution < -0.4 is 4.90 Å². The van der Waals surface area contributed by atoms with E-state index in [4.69, 9.17) is 0 Å². The second-order valence-corrected chi connectivity index (χ2v) is 4.94. The Morgan fingerprint density at radius 3 is 2.53 bits per heavy atom. The van der Waals surface area contributed by atoms with Gasteiger partial charge in [0.05, 0.1) is 5.69 Å². The molecule has 106 valence electrons. The fourth-order valence-corrected chi connectivity index (χ4v) is 1.92. The van der Waals surface area contributed by atoms with Gasteiger partial charge >= 0.3 is 5.97 Å². The third kappa shape index (κ3) is 4.52. The Kier molecular flexibility index (Phi) is 5.76. The second kappa shape index (κ2) is 7.09. The minimum absolute atomic E-state index is 0.276. The highest BCUT2D eigenvalue weighted by atomic mass is 16.4. The van der Waals surface area contributed by atoms with Crippen LogP contribution in [0.2, 0.25) is 0 Å². The number of carboxylic acids is 1. The molecule has 5 heteroatoms. The lowest BCUT2D eigenvalue weighted by atomic mass is 10.1. The Morgan fingerprint density at radius 1 is 1.32 bits per heavy atom. The van der Waals surface area contributed by atoms with Gasteiger partial charge < -0.3 is 14.9 Å². The summed E-state index contributed by atoms with van der Waals surface area (Å²) in [6.07, 6.45) is 2.43. The molecule has 1 heterocycles. The number of aromatic carboxylic acids is 1. The van der Waals surface area contributed by atoms with Gasteiger partial charge in [-0.1, -0.05) is 6.92 Å². The molecular weight excluding hydrogens is 242 g/mol. The van der Waals surface area contributed by atoms with Crippen molar-refractivity contribution in [3.05, 3.63) is 23.5 Å². The molecule has 1 N–H and O–H groups in total. The molecule has 19 heavy (non-hydrogen) atoms. The van der Waals surface area contributed by atoms with Gasteiger partial charge in [-0.05, 0) is 33.5 Å². The van der Waals surface area contributed by atoms with Crippen LogP contribution in [0, 0.1) is 6.92 Å². The lowest BCUT2D eigenvalue weighted by molar-refractivity contribution is 0.0697. The molecule has 1 aromatic heterocycles. The number of hydrogen-bond donors (Lipinski definition) is 1. The first-order valence-electron chi connectivity index (χ1n) is 6.55. The number of carboxylic acid groups (broad SMARTS) is 1. The van der Waals surface area contributed by atoms with Gasteiger partial charge in [0.25, 0.3) is 0 Å². The number of anilines is 1. The van der Waals surface area contributed by atoms with Crippen molar-refractivity contribution >= 4 is 11.7 Å². The second-order valence-electron chi connectivity index (χ2n) is 4.94. The molecule has 0 aliphatic rings. The Labute approximate surface area is 114 Å². The lowest BCUT2D eigenvalue weighted by Crippen LogP contribution is -2.33. The predicted molar refractivity (Wildman–Crippen MR) is 77.0 cm³/mol. The molecule has 0 spiro atoms.